The van der Waals surface area contributed by atoms with Gasteiger partial charge in [0.15, 0.2) is 5.96 Å². The Morgan fingerprint density at radius 1 is 1.16 bits per heavy atom. The lowest BCUT2D eigenvalue weighted by Gasteiger charge is -2.36. The predicted octanol–water partition coefficient (Wildman–Crippen LogP) is 2.32. The molecule has 0 saturated carbocycles. The first-order valence-electron chi connectivity index (χ1n) is 11.1. The van der Waals surface area contributed by atoms with Crippen LogP contribution in [0, 0.1) is 5.82 Å². The second kappa shape index (κ2) is 14.8. The lowest BCUT2D eigenvalue weighted by molar-refractivity contribution is 0.0168. The van der Waals surface area contributed by atoms with Crippen molar-refractivity contribution >= 4 is 35.6 Å². The summed E-state index contributed by atoms with van der Waals surface area (Å²) in [5, 5.41) is 6.72. The van der Waals surface area contributed by atoms with Gasteiger partial charge in [-0.2, -0.15) is 0 Å². The Morgan fingerprint density at radius 3 is 2.58 bits per heavy atom. The van der Waals surface area contributed by atoms with Crippen molar-refractivity contribution in [2.45, 2.75) is 25.4 Å². The van der Waals surface area contributed by atoms with Gasteiger partial charge in [0.25, 0.3) is 0 Å². The number of benzene rings is 1. The molecule has 0 radical (unpaired) electrons. The Hall–Kier alpha value is -1.17. The molecular formula is C22H37FIN5O2. The number of hydrogen-bond acceptors (Lipinski definition) is 5. The molecule has 2 aliphatic rings. The normalized spacial score (nSPS) is 19.9. The van der Waals surface area contributed by atoms with Crippen LogP contribution in [0.4, 0.5) is 10.1 Å². The molecule has 2 fully saturated rings. The topological polar surface area (TPSA) is 61.4 Å². The van der Waals surface area contributed by atoms with Crippen molar-refractivity contribution in [1.82, 2.24) is 15.5 Å². The van der Waals surface area contributed by atoms with Crippen LogP contribution >= 0.6 is 24.0 Å². The van der Waals surface area contributed by atoms with Crippen LogP contribution in [0.15, 0.2) is 29.3 Å². The van der Waals surface area contributed by atoms with Gasteiger partial charge in [-0.05, 0) is 43.5 Å². The molecular weight excluding hydrogens is 512 g/mol. The van der Waals surface area contributed by atoms with E-state index in [0.717, 1.165) is 89.9 Å². The van der Waals surface area contributed by atoms with Gasteiger partial charge in [0.1, 0.15) is 5.82 Å². The van der Waals surface area contributed by atoms with Crippen LogP contribution in [0.2, 0.25) is 0 Å². The highest BCUT2D eigenvalue weighted by Crippen LogP contribution is 2.16. The van der Waals surface area contributed by atoms with E-state index in [4.69, 9.17) is 9.47 Å². The third-order valence-electron chi connectivity index (χ3n) is 5.59. The van der Waals surface area contributed by atoms with E-state index in [1.54, 1.807) is 7.05 Å². The number of ether oxygens (including phenoxy) is 2. The van der Waals surface area contributed by atoms with Crippen LogP contribution in [-0.2, 0) is 9.47 Å². The van der Waals surface area contributed by atoms with Gasteiger partial charge >= 0.3 is 0 Å². The number of hydrogen-bond donors (Lipinski definition) is 2. The van der Waals surface area contributed by atoms with E-state index in [-0.39, 0.29) is 29.8 Å². The van der Waals surface area contributed by atoms with Crippen LogP contribution < -0.4 is 15.5 Å². The Bertz CT molecular complexity index is 635. The Balaban J connectivity index is 0.00000341. The van der Waals surface area contributed by atoms with Crippen LogP contribution in [0.25, 0.3) is 0 Å². The molecule has 2 aliphatic heterocycles. The van der Waals surface area contributed by atoms with Crippen LogP contribution in [0.5, 0.6) is 0 Å². The summed E-state index contributed by atoms with van der Waals surface area (Å²) in [4.78, 5) is 9.04. The molecule has 176 valence electrons. The van der Waals surface area contributed by atoms with E-state index < -0.39 is 0 Å². The molecule has 2 heterocycles. The van der Waals surface area contributed by atoms with Crippen LogP contribution in [0.3, 0.4) is 0 Å². The third-order valence-corrected chi connectivity index (χ3v) is 5.59. The number of anilines is 1. The maximum atomic E-state index is 13.1. The first-order chi connectivity index (χ1) is 14.7. The molecule has 0 spiro atoms. The minimum absolute atomic E-state index is 0. The largest absolute Gasteiger partial charge is 0.379 e. The van der Waals surface area contributed by atoms with E-state index in [1.165, 1.54) is 12.1 Å². The highest BCUT2D eigenvalue weighted by molar-refractivity contribution is 14.0. The molecule has 1 atom stereocenters. The summed E-state index contributed by atoms with van der Waals surface area (Å²) in [6, 6.07) is 6.77. The molecule has 3 rings (SSSR count). The Kier molecular flexibility index (Phi) is 12.5. The quantitative estimate of drug-likeness (QED) is 0.202. The fourth-order valence-corrected chi connectivity index (χ4v) is 3.81. The average Bonchev–Trinajstić information content (AvgIpc) is 3.29. The molecule has 1 unspecified atom stereocenters. The molecule has 0 amide bonds. The SMILES string of the molecule is CN=C(NCCCOCC1CCCO1)NCCN1CCN(c2ccc(F)cc2)CC1.I. The van der Waals surface area contributed by atoms with Gasteiger partial charge in [-0.15, -0.1) is 24.0 Å². The number of piperazine rings is 1. The fourth-order valence-electron chi connectivity index (χ4n) is 3.81. The highest BCUT2D eigenvalue weighted by Gasteiger charge is 2.17. The van der Waals surface area contributed by atoms with E-state index in [2.05, 4.69) is 25.4 Å². The minimum atomic E-state index is -0.184. The van der Waals surface area contributed by atoms with E-state index >= 15 is 0 Å². The second-order valence-corrected chi connectivity index (χ2v) is 7.79. The zero-order valence-corrected chi connectivity index (χ0v) is 20.9. The van der Waals surface area contributed by atoms with Gasteiger partial charge in [0, 0.05) is 71.8 Å². The molecule has 0 aliphatic carbocycles. The molecule has 7 nitrogen and oxygen atoms in total. The van der Waals surface area contributed by atoms with Crippen molar-refractivity contribution in [2.75, 3.05) is 77.6 Å². The first kappa shape index (κ1) is 26.1. The van der Waals surface area contributed by atoms with Crippen molar-refractivity contribution in [3.63, 3.8) is 0 Å². The van der Waals surface area contributed by atoms with E-state index in [0.29, 0.717) is 12.7 Å². The van der Waals surface area contributed by atoms with Gasteiger partial charge in [-0.25, -0.2) is 4.39 Å². The highest BCUT2D eigenvalue weighted by atomic mass is 127. The molecule has 31 heavy (non-hydrogen) atoms. The number of aliphatic imine (C=N–C) groups is 1. The minimum Gasteiger partial charge on any atom is -0.379 e. The number of rotatable bonds is 10. The molecule has 2 N–H and O–H groups in total. The summed E-state index contributed by atoms with van der Waals surface area (Å²) in [5.41, 5.74) is 1.10. The van der Waals surface area contributed by atoms with Crippen molar-refractivity contribution in [1.29, 1.82) is 0 Å². The Morgan fingerprint density at radius 2 is 1.90 bits per heavy atom. The number of nitrogens with zero attached hydrogens (tertiary/aromatic N) is 3. The smallest absolute Gasteiger partial charge is 0.191 e. The summed E-state index contributed by atoms with van der Waals surface area (Å²) < 4.78 is 24.3. The molecule has 2 saturated heterocycles. The van der Waals surface area contributed by atoms with Crippen molar-refractivity contribution in [3.8, 4) is 0 Å². The average molecular weight is 549 g/mol. The lowest BCUT2D eigenvalue weighted by atomic mass is 10.2. The number of guanidine groups is 1. The Labute approximate surface area is 202 Å². The summed E-state index contributed by atoms with van der Waals surface area (Å²) in [5.74, 6) is 0.649. The summed E-state index contributed by atoms with van der Waals surface area (Å²) in [6.07, 6.45) is 3.51. The van der Waals surface area contributed by atoms with Gasteiger partial charge in [-0.1, -0.05) is 0 Å². The lowest BCUT2D eigenvalue weighted by Crippen LogP contribution is -2.49. The third kappa shape index (κ3) is 9.46. The fraction of sp³-hybridized carbons (Fsp3) is 0.682. The molecule has 0 aromatic heterocycles. The van der Waals surface area contributed by atoms with E-state index in [9.17, 15) is 4.39 Å². The summed E-state index contributed by atoms with van der Waals surface area (Å²) >= 11 is 0. The monoisotopic (exact) mass is 549 g/mol. The molecule has 0 bridgehead atoms. The van der Waals surface area contributed by atoms with Crippen molar-refractivity contribution in [2.24, 2.45) is 4.99 Å². The number of halogens is 2. The molecule has 1 aromatic rings. The second-order valence-electron chi connectivity index (χ2n) is 7.79. The maximum absolute atomic E-state index is 13.1. The predicted molar refractivity (Wildman–Crippen MR) is 134 cm³/mol. The zero-order valence-electron chi connectivity index (χ0n) is 18.5. The standard InChI is InChI=1S/C22H36FN5O2.HI/c1-24-22(25-9-3-16-29-18-21-4-2-17-30-21)26-10-11-27-12-14-28(15-13-27)20-7-5-19(23)6-8-20;/h5-8,21H,2-4,9-18H2,1H3,(H2,24,25,26);1H. The molecule has 9 heteroatoms. The van der Waals surface area contributed by atoms with Crippen molar-refractivity contribution in [3.05, 3.63) is 30.1 Å². The van der Waals surface area contributed by atoms with Crippen LogP contribution in [-0.4, -0.2) is 89.6 Å². The van der Waals surface area contributed by atoms with Gasteiger partial charge in [0.05, 0.1) is 12.7 Å². The first-order valence-corrected chi connectivity index (χ1v) is 11.1. The van der Waals surface area contributed by atoms with Gasteiger partial charge in [0.2, 0.25) is 0 Å². The number of nitrogens with one attached hydrogen (secondary N) is 2. The molecule has 1 aromatic carbocycles. The summed E-state index contributed by atoms with van der Waals surface area (Å²) in [6.45, 7) is 8.93. The zero-order chi connectivity index (χ0) is 21.0. The maximum Gasteiger partial charge on any atom is 0.191 e. The van der Waals surface area contributed by atoms with Crippen LogP contribution in [0.1, 0.15) is 19.3 Å². The van der Waals surface area contributed by atoms with E-state index in [1.807, 2.05) is 12.1 Å². The van der Waals surface area contributed by atoms with Crippen molar-refractivity contribution < 1.29 is 13.9 Å². The van der Waals surface area contributed by atoms with Gasteiger partial charge < -0.3 is 25.0 Å². The summed E-state index contributed by atoms with van der Waals surface area (Å²) in [7, 11) is 1.80. The van der Waals surface area contributed by atoms with Gasteiger partial charge in [-0.3, -0.25) is 9.89 Å².